The molecule has 1 saturated heterocycles. The maximum atomic E-state index is 10.5. The summed E-state index contributed by atoms with van der Waals surface area (Å²) >= 11 is 0. The van der Waals surface area contributed by atoms with E-state index in [1.807, 2.05) is 0 Å². The van der Waals surface area contributed by atoms with Crippen LogP contribution in [0.3, 0.4) is 0 Å². The monoisotopic (exact) mass is 222 g/mol. The van der Waals surface area contributed by atoms with Crippen molar-refractivity contribution in [3.63, 3.8) is 0 Å². The number of nitrogens with zero attached hydrogens (tertiary/aromatic N) is 2. The standard InChI is InChI=1S/C13H22N2O/c14-10-12-6-2-5-9-15(12)11-13(16)7-3-1-4-8-13/h12,16H,1-9,11H2. The van der Waals surface area contributed by atoms with Crippen molar-refractivity contribution in [2.45, 2.75) is 63.0 Å². The molecule has 1 unspecified atom stereocenters. The normalized spacial score (nSPS) is 30.9. The highest BCUT2D eigenvalue weighted by atomic mass is 16.3. The predicted molar refractivity (Wildman–Crippen MR) is 62.9 cm³/mol. The van der Waals surface area contributed by atoms with Crippen LogP contribution >= 0.6 is 0 Å². The summed E-state index contributed by atoms with van der Waals surface area (Å²) < 4.78 is 0. The molecular weight excluding hydrogens is 200 g/mol. The van der Waals surface area contributed by atoms with Gasteiger partial charge in [-0.05, 0) is 38.6 Å². The van der Waals surface area contributed by atoms with Crippen LogP contribution in [0.5, 0.6) is 0 Å². The van der Waals surface area contributed by atoms with Gasteiger partial charge in [0.25, 0.3) is 0 Å². The van der Waals surface area contributed by atoms with Gasteiger partial charge in [-0.15, -0.1) is 0 Å². The first kappa shape index (κ1) is 11.9. The second-order valence-corrected chi connectivity index (χ2v) is 5.40. The van der Waals surface area contributed by atoms with Crippen LogP contribution in [0.2, 0.25) is 0 Å². The van der Waals surface area contributed by atoms with Gasteiger partial charge in [0.15, 0.2) is 0 Å². The Morgan fingerprint density at radius 1 is 1.19 bits per heavy atom. The van der Waals surface area contributed by atoms with Crippen molar-refractivity contribution in [2.75, 3.05) is 13.1 Å². The molecule has 16 heavy (non-hydrogen) atoms. The molecule has 0 aromatic heterocycles. The number of hydrogen-bond donors (Lipinski definition) is 1. The molecule has 1 aliphatic heterocycles. The largest absolute Gasteiger partial charge is 0.389 e. The van der Waals surface area contributed by atoms with Crippen molar-refractivity contribution < 1.29 is 5.11 Å². The number of hydrogen-bond acceptors (Lipinski definition) is 3. The van der Waals surface area contributed by atoms with Crippen LogP contribution in [0.1, 0.15) is 51.4 Å². The third-order valence-corrected chi connectivity index (χ3v) is 4.04. The summed E-state index contributed by atoms with van der Waals surface area (Å²) in [5.74, 6) is 0. The van der Waals surface area contributed by atoms with E-state index in [9.17, 15) is 5.11 Å². The highest BCUT2D eigenvalue weighted by Gasteiger charge is 2.34. The Bertz CT molecular complexity index is 266. The van der Waals surface area contributed by atoms with Crippen LogP contribution in [-0.2, 0) is 0 Å². The Labute approximate surface area is 98.1 Å². The SMILES string of the molecule is N#CC1CCCCN1CC1(O)CCCCC1. The summed E-state index contributed by atoms with van der Waals surface area (Å²) in [5, 5.41) is 19.6. The van der Waals surface area contributed by atoms with Gasteiger partial charge in [0.1, 0.15) is 0 Å². The first-order valence-electron chi connectivity index (χ1n) is 6.60. The van der Waals surface area contributed by atoms with Crippen LogP contribution in [0.25, 0.3) is 0 Å². The number of likely N-dealkylation sites (tertiary alicyclic amines) is 1. The van der Waals surface area contributed by atoms with Gasteiger partial charge in [0.2, 0.25) is 0 Å². The first-order valence-corrected chi connectivity index (χ1v) is 6.60. The van der Waals surface area contributed by atoms with Crippen LogP contribution < -0.4 is 0 Å². The van der Waals surface area contributed by atoms with Gasteiger partial charge in [-0.25, -0.2) is 0 Å². The molecule has 0 bridgehead atoms. The second kappa shape index (κ2) is 5.16. The van der Waals surface area contributed by atoms with Gasteiger partial charge in [0.05, 0.1) is 17.7 Å². The highest BCUT2D eigenvalue weighted by Crippen LogP contribution is 2.30. The fourth-order valence-electron chi connectivity index (χ4n) is 3.07. The van der Waals surface area contributed by atoms with E-state index < -0.39 is 5.60 Å². The second-order valence-electron chi connectivity index (χ2n) is 5.40. The molecule has 1 heterocycles. The van der Waals surface area contributed by atoms with E-state index in [4.69, 9.17) is 5.26 Å². The Hall–Kier alpha value is -0.590. The van der Waals surface area contributed by atoms with E-state index in [-0.39, 0.29) is 6.04 Å². The van der Waals surface area contributed by atoms with Gasteiger partial charge < -0.3 is 5.11 Å². The third kappa shape index (κ3) is 2.75. The molecule has 0 amide bonds. The van der Waals surface area contributed by atoms with Gasteiger partial charge in [-0.2, -0.15) is 5.26 Å². The molecule has 0 aromatic carbocycles. The lowest BCUT2D eigenvalue weighted by molar-refractivity contribution is -0.0361. The fourth-order valence-corrected chi connectivity index (χ4v) is 3.07. The topological polar surface area (TPSA) is 47.3 Å². The van der Waals surface area contributed by atoms with E-state index in [1.165, 1.54) is 12.8 Å². The molecule has 2 aliphatic rings. The maximum Gasteiger partial charge on any atom is 0.0978 e. The quantitative estimate of drug-likeness (QED) is 0.778. The minimum absolute atomic E-state index is 0.0414. The van der Waals surface area contributed by atoms with Gasteiger partial charge in [-0.1, -0.05) is 19.3 Å². The predicted octanol–water partition coefficient (Wildman–Crippen LogP) is 2.06. The fraction of sp³-hybridized carbons (Fsp3) is 0.923. The zero-order chi connectivity index (χ0) is 11.4. The lowest BCUT2D eigenvalue weighted by Gasteiger charge is -2.40. The van der Waals surface area contributed by atoms with E-state index in [1.54, 1.807) is 0 Å². The van der Waals surface area contributed by atoms with E-state index >= 15 is 0 Å². The summed E-state index contributed by atoms with van der Waals surface area (Å²) in [6.07, 6.45) is 8.68. The molecule has 2 fully saturated rings. The average molecular weight is 222 g/mol. The number of nitriles is 1. The van der Waals surface area contributed by atoms with Crippen molar-refractivity contribution in [1.82, 2.24) is 4.90 Å². The molecule has 3 nitrogen and oxygen atoms in total. The molecule has 0 radical (unpaired) electrons. The molecule has 1 atom stereocenters. The van der Waals surface area contributed by atoms with Crippen LogP contribution in [-0.4, -0.2) is 34.7 Å². The Morgan fingerprint density at radius 2 is 1.94 bits per heavy atom. The molecule has 2 rings (SSSR count). The summed E-state index contributed by atoms with van der Waals surface area (Å²) in [4.78, 5) is 2.20. The minimum atomic E-state index is -0.509. The van der Waals surface area contributed by atoms with Crippen LogP contribution in [0, 0.1) is 11.3 Å². The Balaban J connectivity index is 1.93. The minimum Gasteiger partial charge on any atom is -0.389 e. The smallest absolute Gasteiger partial charge is 0.0978 e. The van der Waals surface area contributed by atoms with Crippen molar-refractivity contribution in [3.8, 4) is 6.07 Å². The molecule has 0 spiro atoms. The van der Waals surface area contributed by atoms with Crippen LogP contribution in [0.15, 0.2) is 0 Å². The lowest BCUT2D eigenvalue weighted by atomic mass is 9.83. The van der Waals surface area contributed by atoms with Gasteiger partial charge >= 0.3 is 0 Å². The number of piperidine rings is 1. The van der Waals surface area contributed by atoms with Crippen molar-refractivity contribution in [1.29, 1.82) is 5.26 Å². The van der Waals surface area contributed by atoms with E-state index in [2.05, 4.69) is 11.0 Å². The average Bonchev–Trinajstić information content (AvgIpc) is 2.30. The molecule has 90 valence electrons. The number of aliphatic hydroxyl groups is 1. The Kier molecular flexibility index (Phi) is 3.83. The maximum absolute atomic E-state index is 10.5. The molecule has 0 aromatic rings. The van der Waals surface area contributed by atoms with Gasteiger partial charge in [0, 0.05) is 6.54 Å². The molecular formula is C13H22N2O. The zero-order valence-electron chi connectivity index (χ0n) is 9.99. The molecule has 1 aliphatic carbocycles. The number of rotatable bonds is 2. The number of β-amino-alcohol motifs (C(OH)–C–C–N with tert-alkyl or cyclic N) is 1. The molecule has 1 saturated carbocycles. The van der Waals surface area contributed by atoms with E-state index in [0.29, 0.717) is 6.54 Å². The van der Waals surface area contributed by atoms with Gasteiger partial charge in [-0.3, -0.25) is 4.90 Å². The van der Waals surface area contributed by atoms with E-state index in [0.717, 1.165) is 45.1 Å². The third-order valence-electron chi connectivity index (χ3n) is 4.04. The van der Waals surface area contributed by atoms with Crippen molar-refractivity contribution >= 4 is 0 Å². The summed E-state index contributed by atoms with van der Waals surface area (Å²) in [5.41, 5.74) is -0.509. The Morgan fingerprint density at radius 3 is 2.62 bits per heavy atom. The molecule has 1 N–H and O–H groups in total. The van der Waals surface area contributed by atoms with Crippen molar-refractivity contribution in [3.05, 3.63) is 0 Å². The lowest BCUT2D eigenvalue weighted by Crippen LogP contribution is -2.49. The summed E-state index contributed by atoms with van der Waals surface area (Å²) in [6, 6.07) is 2.42. The summed E-state index contributed by atoms with van der Waals surface area (Å²) in [6.45, 7) is 1.70. The van der Waals surface area contributed by atoms with Crippen LogP contribution in [0.4, 0.5) is 0 Å². The zero-order valence-corrected chi connectivity index (χ0v) is 9.99. The first-order chi connectivity index (χ1) is 7.73. The molecule has 3 heteroatoms. The van der Waals surface area contributed by atoms with Crippen molar-refractivity contribution in [2.24, 2.45) is 0 Å². The highest BCUT2D eigenvalue weighted by molar-refractivity contribution is 4.97. The summed E-state index contributed by atoms with van der Waals surface area (Å²) in [7, 11) is 0.